The van der Waals surface area contributed by atoms with Gasteiger partial charge >= 0.3 is 0 Å². The number of carbonyl (C=O) groups is 1. The van der Waals surface area contributed by atoms with Crippen LogP contribution in [-0.2, 0) is 4.79 Å². The Morgan fingerprint density at radius 3 is 2.40 bits per heavy atom. The molecule has 136 valence electrons. The molecule has 1 aliphatic heterocycles. The molecule has 1 saturated heterocycles. The number of thiophene rings is 1. The highest BCUT2D eigenvalue weighted by Crippen LogP contribution is 2.27. The number of nitrogens with one attached hydrogen (secondary N) is 1. The number of hydrogen-bond acceptors (Lipinski definition) is 5. The van der Waals surface area contributed by atoms with Gasteiger partial charge in [0.1, 0.15) is 10.7 Å². The van der Waals surface area contributed by atoms with Gasteiger partial charge in [0.15, 0.2) is 0 Å². The second kappa shape index (κ2) is 6.88. The Bertz CT molecular complexity index is 847. The number of amides is 1. The van der Waals surface area contributed by atoms with Crippen LogP contribution in [0, 0.1) is 19.8 Å². The summed E-state index contributed by atoms with van der Waals surface area (Å²) in [6, 6.07) is 0.0242. The molecule has 25 heavy (non-hydrogen) atoms. The van der Waals surface area contributed by atoms with Crippen LogP contribution in [0.2, 0.25) is 0 Å². The minimum Gasteiger partial charge on any atom is -0.340 e. The fourth-order valence-electron chi connectivity index (χ4n) is 3.34. The molecule has 1 amide bonds. The third-order valence-corrected chi connectivity index (χ3v) is 6.22. The fraction of sp³-hybridized carbons (Fsp3) is 0.611. The molecule has 0 aliphatic carbocycles. The molecule has 2 aromatic heterocycles. The summed E-state index contributed by atoms with van der Waals surface area (Å²) in [7, 11) is 0. The van der Waals surface area contributed by atoms with Crippen molar-refractivity contribution >= 4 is 27.5 Å². The van der Waals surface area contributed by atoms with E-state index in [1.165, 1.54) is 0 Å². The van der Waals surface area contributed by atoms with Crippen LogP contribution in [0.3, 0.4) is 0 Å². The maximum Gasteiger partial charge on any atom is 0.259 e. The first-order valence-electron chi connectivity index (χ1n) is 8.82. The van der Waals surface area contributed by atoms with E-state index in [4.69, 9.17) is 4.98 Å². The Balaban J connectivity index is 1.78. The van der Waals surface area contributed by atoms with Crippen LogP contribution in [0.5, 0.6) is 0 Å². The Morgan fingerprint density at radius 2 is 1.80 bits per heavy atom. The molecule has 1 aliphatic rings. The summed E-state index contributed by atoms with van der Waals surface area (Å²) in [6.45, 7) is 13.0. The van der Waals surface area contributed by atoms with Crippen LogP contribution in [0.25, 0.3) is 10.2 Å². The van der Waals surface area contributed by atoms with Gasteiger partial charge in [-0.15, -0.1) is 11.3 Å². The largest absolute Gasteiger partial charge is 0.340 e. The van der Waals surface area contributed by atoms with Gasteiger partial charge in [-0.3, -0.25) is 14.5 Å². The molecule has 1 N–H and O–H groups in total. The molecule has 0 spiro atoms. The normalized spacial score (nSPS) is 17.4. The van der Waals surface area contributed by atoms with E-state index >= 15 is 0 Å². The number of H-pyrrole nitrogens is 1. The summed E-state index contributed by atoms with van der Waals surface area (Å²) in [5, 5.41) is 0.714. The molecular weight excluding hydrogens is 336 g/mol. The van der Waals surface area contributed by atoms with Crippen molar-refractivity contribution in [3.8, 4) is 0 Å². The topological polar surface area (TPSA) is 69.3 Å². The average molecular weight is 362 g/mol. The fourth-order valence-corrected chi connectivity index (χ4v) is 4.37. The Labute approximate surface area is 151 Å². The van der Waals surface area contributed by atoms with Crippen molar-refractivity contribution in [2.75, 3.05) is 26.2 Å². The molecule has 0 aromatic carbocycles. The predicted molar refractivity (Wildman–Crippen MR) is 101 cm³/mol. The minimum atomic E-state index is -0.0534. The number of aromatic nitrogens is 2. The van der Waals surface area contributed by atoms with Crippen molar-refractivity contribution in [2.24, 2.45) is 5.92 Å². The SMILES string of the molecule is Cc1sc2nc(C(C)N3CCN(C(=O)C(C)C)CC3)[nH]c(=O)c2c1C. The maximum atomic E-state index is 12.5. The number of rotatable bonds is 3. The molecule has 0 radical (unpaired) electrons. The first kappa shape index (κ1) is 18.1. The molecule has 1 unspecified atom stereocenters. The highest BCUT2D eigenvalue weighted by atomic mass is 32.1. The zero-order valence-corrected chi connectivity index (χ0v) is 16.4. The monoisotopic (exact) mass is 362 g/mol. The summed E-state index contributed by atoms with van der Waals surface area (Å²) in [5.41, 5.74) is 0.969. The second-order valence-corrected chi connectivity index (χ2v) is 8.31. The number of aromatic amines is 1. The molecule has 0 bridgehead atoms. The van der Waals surface area contributed by atoms with Crippen molar-refractivity contribution in [1.29, 1.82) is 0 Å². The summed E-state index contributed by atoms with van der Waals surface area (Å²) >= 11 is 1.58. The lowest BCUT2D eigenvalue weighted by molar-refractivity contribution is -0.136. The molecule has 7 heteroatoms. The molecule has 2 aromatic rings. The van der Waals surface area contributed by atoms with Crippen molar-refractivity contribution in [2.45, 2.75) is 40.7 Å². The lowest BCUT2D eigenvalue weighted by Gasteiger charge is -2.38. The highest BCUT2D eigenvalue weighted by Gasteiger charge is 2.27. The van der Waals surface area contributed by atoms with Gasteiger partial charge in [0.2, 0.25) is 5.91 Å². The second-order valence-electron chi connectivity index (χ2n) is 7.11. The third kappa shape index (κ3) is 3.35. The summed E-state index contributed by atoms with van der Waals surface area (Å²) < 4.78 is 0. The van der Waals surface area contributed by atoms with Gasteiger partial charge in [-0.25, -0.2) is 4.98 Å². The molecular formula is C18H26N4O2S. The number of carbonyl (C=O) groups excluding carboxylic acids is 1. The quantitative estimate of drug-likeness (QED) is 0.911. The molecule has 1 fully saturated rings. The number of fused-ring (bicyclic) bond motifs is 1. The predicted octanol–water partition coefficient (Wildman–Crippen LogP) is 2.46. The van der Waals surface area contributed by atoms with Crippen molar-refractivity contribution in [3.63, 3.8) is 0 Å². The number of piperazine rings is 1. The lowest BCUT2D eigenvalue weighted by Crippen LogP contribution is -2.50. The van der Waals surface area contributed by atoms with E-state index in [1.807, 2.05) is 32.6 Å². The molecule has 3 heterocycles. The molecule has 6 nitrogen and oxygen atoms in total. The van der Waals surface area contributed by atoms with Gasteiger partial charge in [-0.05, 0) is 26.3 Å². The van der Waals surface area contributed by atoms with E-state index in [2.05, 4.69) is 16.8 Å². The summed E-state index contributed by atoms with van der Waals surface area (Å²) in [5.74, 6) is 0.960. The van der Waals surface area contributed by atoms with Gasteiger partial charge in [-0.1, -0.05) is 13.8 Å². The Kier molecular flexibility index (Phi) is 4.97. The molecule has 0 saturated carbocycles. The Morgan fingerprint density at radius 1 is 1.16 bits per heavy atom. The van der Waals surface area contributed by atoms with Crippen molar-refractivity contribution in [3.05, 3.63) is 26.6 Å². The number of aryl methyl sites for hydroxylation is 2. The van der Waals surface area contributed by atoms with Crippen LogP contribution in [0.15, 0.2) is 4.79 Å². The lowest BCUT2D eigenvalue weighted by atomic mass is 10.1. The first-order valence-corrected chi connectivity index (χ1v) is 9.64. The standard InChI is InChI=1S/C18H26N4O2S/c1-10(2)18(24)22-8-6-21(7-9-22)12(4)15-19-16(23)14-11(3)13(5)25-17(14)20-15/h10,12H,6-9H2,1-5H3,(H,19,20,23). The molecule has 1 atom stereocenters. The van der Waals surface area contributed by atoms with Crippen LogP contribution >= 0.6 is 11.3 Å². The van der Waals surface area contributed by atoms with E-state index in [-0.39, 0.29) is 23.4 Å². The zero-order valence-electron chi connectivity index (χ0n) is 15.5. The van der Waals surface area contributed by atoms with E-state index in [0.717, 1.165) is 41.5 Å². The van der Waals surface area contributed by atoms with Gasteiger partial charge in [0.05, 0.1) is 11.4 Å². The van der Waals surface area contributed by atoms with E-state index in [9.17, 15) is 9.59 Å². The first-order chi connectivity index (χ1) is 11.8. The summed E-state index contributed by atoms with van der Waals surface area (Å²) in [6.07, 6.45) is 0. The zero-order chi connectivity index (χ0) is 18.3. The third-order valence-electron chi connectivity index (χ3n) is 5.12. The van der Waals surface area contributed by atoms with Crippen molar-refractivity contribution in [1.82, 2.24) is 19.8 Å². The van der Waals surface area contributed by atoms with Crippen molar-refractivity contribution < 1.29 is 4.79 Å². The van der Waals surface area contributed by atoms with E-state index in [1.54, 1.807) is 11.3 Å². The van der Waals surface area contributed by atoms with Gasteiger partial charge < -0.3 is 9.88 Å². The number of hydrogen-bond donors (Lipinski definition) is 1. The van der Waals surface area contributed by atoms with Gasteiger partial charge in [-0.2, -0.15) is 0 Å². The minimum absolute atomic E-state index is 0.0242. The molecule has 3 rings (SSSR count). The smallest absolute Gasteiger partial charge is 0.259 e. The average Bonchev–Trinajstić information content (AvgIpc) is 2.88. The van der Waals surface area contributed by atoms with E-state index in [0.29, 0.717) is 11.2 Å². The van der Waals surface area contributed by atoms with Crippen LogP contribution in [-0.4, -0.2) is 51.9 Å². The van der Waals surface area contributed by atoms with Gasteiger partial charge in [0.25, 0.3) is 5.56 Å². The van der Waals surface area contributed by atoms with Crippen LogP contribution in [0.4, 0.5) is 0 Å². The Hall–Kier alpha value is -1.73. The maximum absolute atomic E-state index is 12.5. The van der Waals surface area contributed by atoms with E-state index < -0.39 is 0 Å². The van der Waals surface area contributed by atoms with Crippen LogP contribution < -0.4 is 5.56 Å². The van der Waals surface area contributed by atoms with Gasteiger partial charge in [0, 0.05) is 37.0 Å². The highest BCUT2D eigenvalue weighted by molar-refractivity contribution is 7.18. The number of nitrogens with zero attached hydrogens (tertiary/aromatic N) is 3. The summed E-state index contributed by atoms with van der Waals surface area (Å²) in [4.78, 5) is 38.4. The van der Waals surface area contributed by atoms with Crippen LogP contribution in [0.1, 0.15) is 43.1 Å².